The Morgan fingerprint density at radius 2 is 1.66 bits per heavy atom. The maximum Gasteiger partial charge on any atom is 0.244 e. The topological polar surface area (TPSA) is 104 Å². The molecule has 0 bridgehead atoms. The normalized spacial score (nSPS) is 12.5. The number of sulfonamides is 1. The standard InChI is InChI=1S/C25H32BrN3O5S/c1-17(24(32)27-25(3,4)5)28(15-19-10-12-21(26)13-11-19)23(31)16-29(35(6,33)34)22-9-7-8-20(14-22)18(2)30/h7-14,17H,15-16H2,1-6H3,(H,27,32)/t17-/m0/s1. The summed E-state index contributed by atoms with van der Waals surface area (Å²) >= 11 is 3.38. The lowest BCUT2D eigenvalue weighted by molar-refractivity contribution is -0.140. The summed E-state index contributed by atoms with van der Waals surface area (Å²) in [5.41, 5.74) is 0.794. The first kappa shape index (κ1) is 28.5. The summed E-state index contributed by atoms with van der Waals surface area (Å²) in [5, 5.41) is 2.87. The maximum absolute atomic E-state index is 13.5. The van der Waals surface area contributed by atoms with E-state index < -0.39 is 34.1 Å². The first-order valence-corrected chi connectivity index (χ1v) is 13.7. The molecule has 0 aliphatic heterocycles. The monoisotopic (exact) mass is 565 g/mol. The van der Waals surface area contributed by atoms with E-state index in [9.17, 15) is 22.8 Å². The number of benzene rings is 2. The van der Waals surface area contributed by atoms with Crippen LogP contribution in [0.2, 0.25) is 0 Å². The van der Waals surface area contributed by atoms with E-state index in [2.05, 4.69) is 21.2 Å². The molecule has 10 heteroatoms. The predicted octanol–water partition coefficient (Wildman–Crippen LogP) is 3.75. The number of hydrogen-bond donors (Lipinski definition) is 1. The summed E-state index contributed by atoms with van der Waals surface area (Å²) in [6.45, 7) is 8.09. The highest BCUT2D eigenvalue weighted by Gasteiger charge is 2.31. The van der Waals surface area contributed by atoms with Crippen LogP contribution in [0.25, 0.3) is 0 Å². The fraction of sp³-hybridized carbons (Fsp3) is 0.400. The third-order valence-electron chi connectivity index (χ3n) is 5.15. The summed E-state index contributed by atoms with van der Waals surface area (Å²) in [7, 11) is -3.87. The van der Waals surface area contributed by atoms with Gasteiger partial charge in [-0.3, -0.25) is 18.7 Å². The van der Waals surface area contributed by atoms with Crippen LogP contribution < -0.4 is 9.62 Å². The molecular weight excluding hydrogens is 534 g/mol. The predicted molar refractivity (Wildman–Crippen MR) is 141 cm³/mol. The molecule has 0 aromatic heterocycles. The van der Waals surface area contributed by atoms with Gasteiger partial charge in [-0.2, -0.15) is 0 Å². The van der Waals surface area contributed by atoms with E-state index in [1.165, 1.54) is 24.0 Å². The lowest BCUT2D eigenvalue weighted by Gasteiger charge is -2.33. The minimum absolute atomic E-state index is 0.107. The van der Waals surface area contributed by atoms with Crippen LogP contribution >= 0.6 is 15.9 Å². The van der Waals surface area contributed by atoms with E-state index in [-0.39, 0.29) is 23.9 Å². The van der Waals surface area contributed by atoms with Crippen LogP contribution in [0.5, 0.6) is 0 Å². The van der Waals surface area contributed by atoms with Gasteiger partial charge >= 0.3 is 0 Å². The Morgan fingerprint density at radius 3 is 2.17 bits per heavy atom. The molecule has 0 saturated heterocycles. The first-order valence-electron chi connectivity index (χ1n) is 11.0. The molecule has 2 aromatic rings. The molecular formula is C25H32BrN3O5S. The van der Waals surface area contributed by atoms with Crippen LogP contribution in [-0.2, 0) is 26.2 Å². The Bertz CT molecular complexity index is 1190. The van der Waals surface area contributed by atoms with Crippen LogP contribution in [0.4, 0.5) is 5.69 Å². The van der Waals surface area contributed by atoms with Crippen LogP contribution in [0.15, 0.2) is 53.0 Å². The van der Waals surface area contributed by atoms with Crippen LogP contribution in [0, 0.1) is 0 Å². The van der Waals surface area contributed by atoms with E-state index >= 15 is 0 Å². The highest BCUT2D eigenvalue weighted by molar-refractivity contribution is 9.10. The number of rotatable bonds is 9. The zero-order valence-electron chi connectivity index (χ0n) is 20.8. The number of amides is 2. The van der Waals surface area contributed by atoms with Gasteiger partial charge in [0.1, 0.15) is 12.6 Å². The third-order valence-corrected chi connectivity index (χ3v) is 6.82. The van der Waals surface area contributed by atoms with Gasteiger partial charge in [0.25, 0.3) is 0 Å². The van der Waals surface area contributed by atoms with Gasteiger partial charge in [0.15, 0.2) is 5.78 Å². The molecule has 35 heavy (non-hydrogen) atoms. The van der Waals surface area contributed by atoms with Crippen molar-refractivity contribution in [2.24, 2.45) is 0 Å². The average Bonchev–Trinajstić information content (AvgIpc) is 2.74. The van der Waals surface area contributed by atoms with Crippen molar-refractivity contribution in [3.63, 3.8) is 0 Å². The average molecular weight is 567 g/mol. The van der Waals surface area contributed by atoms with Gasteiger partial charge in [0.2, 0.25) is 21.8 Å². The van der Waals surface area contributed by atoms with E-state index in [4.69, 9.17) is 0 Å². The van der Waals surface area contributed by atoms with Crippen molar-refractivity contribution < 1.29 is 22.8 Å². The highest BCUT2D eigenvalue weighted by atomic mass is 79.9. The Balaban J connectivity index is 2.43. The molecule has 2 aromatic carbocycles. The van der Waals surface area contributed by atoms with Crippen molar-refractivity contribution in [3.05, 3.63) is 64.1 Å². The largest absolute Gasteiger partial charge is 0.350 e. The highest BCUT2D eigenvalue weighted by Crippen LogP contribution is 2.21. The Hall–Kier alpha value is -2.72. The van der Waals surface area contributed by atoms with Gasteiger partial charge < -0.3 is 10.2 Å². The van der Waals surface area contributed by atoms with Gasteiger partial charge in [0, 0.05) is 22.1 Å². The van der Waals surface area contributed by atoms with E-state index in [1.54, 1.807) is 19.1 Å². The van der Waals surface area contributed by atoms with Crippen LogP contribution in [0.3, 0.4) is 0 Å². The number of hydrogen-bond acceptors (Lipinski definition) is 5. The number of nitrogens with one attached hydrogen (secondary N) is 1. The van der Waals surface area contributed by atoms with E-state index in [0.29, 0.717) is 5.56 Å². The number of Topliss-reactive ketones (excluding diaryl/α,β-unsaturated/α-hetero) is 1. The SMILES string of the molecule is CC(=O)c1cccc(N(CC(=O)N(Cc2ccc(Br)cc2)[C@@H](C)C(=O)NC(C)(C)C)S(C)(=O)=O)c1. The number of ketones is 1. The quantitative estimate of drug-likeness (QED) is 0.466. The lowest BCUT2D eigenvalue weighted by atomic mass is 10.1. The molecule has 0 heterocycles. The molecule has 0 radical (unpaired) electrons. The van der Waals surface area contributed by atoms with Gasteiger partial charge in [-0.25, -0.2) is 8.42 Å². The minimum Gasteiger partial charge on any atom is -0.350 e. The molecule has 2 rings (SSSR count). The first-order chi connectivity index (χ1) is 16.1. The Kier molecular flexibility index (Phi) is 9.24. The van der Waals surface area contributed by atoms with E-state index in [1.807, 2.05) is 45.0 Å². The zero-order valence-corrected chi connectivity index (χ0v) is 23.2. The molecule has 1 N–H and O–H groups in total. The molecule has 1 atom stereocenters. The molecule has 190 valence electrons. The molecule has 0 spiro atoms. The number of anilines is 1. The molecule has 0 fully saturated rings. The molecule has 0 saturated carbocycles. The third kappa shape index (κ3) is 8.47. The van der Waals surface area contributed by atoms with Gasteiger partial charge in [-0.15, -0.1) is 0 Å². The number of carbonyl (C=O) groups excluding carboxylic acids is 3. The van der Waals surface area contributed by atoms with Crippen molar-refractivity contribution in [1.29, 1.82) is 0 Å². The summed E-state index contributed by atoms with van der Waals surface area (Å²) in [4.78, 5) is 39.7. The second-order valence-electron chi connectivity index (χ2n) is 9.44. The summed E-state index contributed by atoms with van der Waals surface area (Å²) in [6.07, 6.45) is 0.996. The van der Waals surface area contributed by atoms with Gasteiger partial charge in [-0.05, 0) is 64.4 Å². The van der Waals surface area contributed by atoms with Crippen molar-refractivity contribution >= 4 is 49.2 Å². The molecule has 2 amide bonds. The molecule has 8 nitrogen and oxygen atoms in total. The fourth-order valence-electron chi connectivity index (χ4n) is 3.34. The smallest absolute Gasteiger partial charge is 0.244 e. The number of carbonyl (C=O) groups is 3. The Morgan fingerprint density at radius 1 is 1.06 bits per heavy atom. The summed E-state index contributed by atoms with van der Waals surface area (Å²) in [5.74, 6) is -1.13. The van der Waals surface area contributed by atoms with Gasteiger partial charge in [0.05, 0.1) is 11.9 Å². The zero-order chi connectivity index (χ0) is 26.6. The second kappa shape index (κ2) is 11.3. The summed E-state index contributed by atoms with van der Waals surface area (Å²) < 4.78 is 27.1. The van der Waals surface area contributed by atoms with Crippen molar-refractivity contribution in [3.8, 4) is 0 Å². The fourth-order valence-corrected chi connectivity index (χ4v) is 4.44. The van der Waals surface area contributed by atoms with Crippen LogP contribution in [-0.4, -0.2) is 55.3 Å². The van der Waals surface area contributed by atoms with Crippen molar-refractivity contribution in [2.45, 2.75) is 52.7 Å². The number of halogens is 1. The maximum atomic E-state index is 13.5. The minimum atomic E-state index is -3.87. The molecule has 0 unspecified atom stereocenters. The van der Waals surface area contributed by atoms with E-state index in [0.717, 1.165) is 20.6 Å². The lowest BCUT2D eigenvalue weighted by Crippen LogP contribution is -2.54. The van der Waals surface area contributed by atoms with Crippen LogP contribution in [0.1, 0.15) is 50.5 Å². The van der Waals surface area contributed by atoms with Crippen molar-refractivity contribution in [1.82, 2.24) is 10.2 Å². The van der Waals surface area contributed by atoms with Gasteiger partial charge in [-0.1, -0.05) is 40.2 Å². The summed E-state index contributed by atoms with van der Waals surface area (Å²) in [6, 6.07) is 12.5. The second-order valence-corrected chi connectivity index (χ2v) is 12.3. The molecule has 0 aliphatic carbocycles. The molecule has 0 aliphatic rings. The number of nitrogens with zero attached hydrogens (tertiary/aromatic N) is 2. The Labute approximate surface area is 215 Å². The van der Waals surface area contributed by atoms with Crippen molar-refractivity contribution in [2.75, 3.05) is 17.1 Å².